The summed E-state index contributed by atoms with van der Waals surface area (Å²) in [5, 5.41) is 9.31. The molecule has 0 aliphatic carbocycles. The third-order valence-electron chi connectivity index (χ3n) is 3.61. The molecular weight excluding hydrogens is 276 g/mol. The summed E-state index contributed by atoms with van der Waals surface area (Å²) in [6, 6.07) is 10.9. The lowest BCUT2D eigenvalue weighted by atomic mass is 10.1. The summed E-state index contributed by atoms with van der Waals surface area (Å²) in [6.45, 7) is 8.47. The van der Waals surface area contributed by atoms with Crippen LogP contribution in [-0.4, -0.2) is 10.1 Å². The number of benzene rings is 1. The van der Waals surface area contributed by atoms with Gasteiger partial charge in [-0.15, -0.1) is 0 Å². The molecule has 2 heterocycles. The monoisotopic (exact) mass is 298 g/mol. The molecule has 0 atom stereocenters. The van der Waals surface area contributed by atoms with E-state index in [0.29, 0.717) is 0 Å². The lowest BCUT2D eigenvalue weighted by Gasteiger charge is -2.20. The van der Waals surface area contributed by atoms with E-state index in [-0.39, 0.29) is 5.54 Å². The molecule has 0 unspecified atom stereocenters. The number of hydrogen-bond donors (Lipinski definition) is 1. The molecule has 0 aliphatic rings. The molecule has 0 bridgehead atoms. The predicted molar refractivity (Wildman–Crippen MR) is 92.0 cm³/mol. The number of para-hydroxylation sites is 1. The Hall–Kier alpha value is -1.58. The maximum atomic E-state index is 3.59. The third-order valence-corrected chi connectivity index (χ3v) is 4.35. The Morgan fingerprint density at radius 1 is 1.14 bits per heavy atom. The fourth-order valence-corrected chi connectivity index (χ4v) is 3.19. The molecule has 2 nitrogen and oxygen atoms in total. The number of rotatable bonds is 4. The normalized spacial score (nSPS) is 12.1. The first-order chi connectivity index (χ1) is 10.0. The molecule has 0 amide bonds. The zero-order valence-electron chi connectivity index (χ0n) is 12.9. The van der Waals surface area contributed by atoms with Gasteiger partial charge in [0.25, 0.3) is 0 Å². The summed E-state index contributed by atoms with van der Waals surface area (Å²) in [6.07, 6.45) is 2.29. The van der Waals surface area contributed by atoms with Gasteiger partial charge in [-0.2, -0.15) is 11.3 Å². The average molecular weight is 298 g/mol. The zero-order chi connectivity index (χ0) is 14.9. The van der Waals surface area contributed by atoms with Crippen LogP contribution in [0.2, 0.25) is 0 Å². The van der Waals surface area contributed by atoms with Crippen molar-refractivity contribution in [3.63, 3.8) is 0 Å². The SMILES string of the molecule is CC(C)(C)NCc1cn(Cc2ccsc2)c2ccccc12. The molecule has 0 fully saturated rings. The minimum Gasteiger partial charge on any atom is -0.343 e. The predicted octanol–water partition coefficient (Wildman–Crippen LogP) is 4.64. The molecule has 21 heavy (non-hydrogen) atoms. The summed E-state index contributed by atoms with van der Waals surface area (Å²) in [7, 11) is 0. The van der Waals surface area contributed by atoms with Crippen LogP contribution in [0.1, 0.15) is 31.9 Å². The second-order valence-electron chi connectivity index (χ2n) is 6.53. The van der Waals surface area contributed by atoms with Crippen molar-refractivity contribution in [3.8, 4) is 0 Å². The van der Waals surface area contributed by atoms with Crippen LogP contribution in [0.3, 0.4) is 0 Å². The Labute approximate surface area is 130 Å². The van der Waals surface area contributed by atoms with E-state index in [9.17, 15) is 0 Å². The first kappa shape index (κ1) is 14.4. The van der Waals surface area contributed by atoms with Gasteiger partial charge in [-0.1, -0.05) is 18.2 Å². The Balaban J connectivity index is 1.94. The summed E-state index contributed by atoms with van der Waals surface area (Å²) in [5.74, 6) is 0. The van der Waals surface area contributed by atoms with Crippen LogP contribution in [0, 0.1) is 0 Å². The van der Waals surface area contributed by atoms with Crippen LogP contribution < -0.4 is 5.32 Å². The number of nitrogens with zero attached hydrogens (tertiary/aromatic N) is 1. The van der Waals surface area contributed by atoms with Crippen molar-refractivity contribution < 1.29 is 0 Å². The van der Waals surface area contributed by atoms with Crippen LogP contribution >= 0.6 is 11.3 Å². The Bertz CT molecular complexity index is 717. The molecular formula is C18H22N2S. The van der Waals surface area contributed by atoms with Crippen LogP contribution in [0.5, 0.6) is 0 Å². The smallest absolute Gasteiger partial charge is 0.0486 e. The molecule has 1 N–H and O–H groups in total. The van der Waals surface area contributed by atoms with Gasteiger partial charge >= 0.3 is 0 Å². The summed E-state index contributed by atoms with van der Waals surface area (Å²) in [4.78, 5) is 0. The largest absolute Gasteiger partial charge is 0.343 e. The van der Waals surface area contributed by atoms with E-state index in [1.54, 1.807) is 11.3 Å². The Kier molecular flexibility index (Phi) is 3.87. The minimum atomic E-state index is 0.135. The molecule has 1 aromatic carbocycles. The van der Waals surface area contributed by atoms with E-state index >= 15 is 0 Å². The van der Waals surface area contributed by atoms with E-state index in [1.807, 2.05) is 0 Å². The summed E-state index contributed by atoms with van der Waals surface area (Å²) < 4.78 is 2.36. The van der Waals surface area contributed by atoms with Gasteiger partial charge < -0.3 is 9.88 Å². The van der Waals surface area contributed by atoms with Gasteiger partial charge in [0.2, 0.25) is 0 Å². The van der Waals surface area contributed by atoms with Crippen molar-refractivity contribution in [1.29, 1.82) is 0 Å². The Morgan fingerprint density at radius 2 is 1.95 bits per heavy atom. The van der Waals surface area contributed by atoms with Gasteiger partial charge in [0, 0.05) is 35.7 Å². The van der Waals surface area contributed by atoms with Crippen molar-refractivity contribution in [3.05, 3.63) is 58.4 Å². The first-order valence-electron chi connectivity index (χ1n) is 7.36. The average Bonchev–Trinajstić information content (AvgIpc) is 3.05. The van der Waals surface area contributed by atoms with Crippen LogP contribution in [0.25, 0.3) is 10.9 Å². The second-order valence-corrected chi connectivity index (χ2v) is 7.31. The fraction of sp³-hybridized carbons (Fsp3) is 0.333. The van der Waals surface area contributed by atoms with Gasteiger partial charge in [0.15, 0.2) is 0 Å². The van der Waals surface area contributed by atoms with Crippen LogP contribution in [-0.2, 0) is 13.1 Å². The highest BCUT2D eigenvalue weighted by Crippen LogP contribution is 2.23. The second kappa shape index (κ2) is 5.66. The fourth-order valence-electron chi connectivity index (χ4n) is 2.53. The van der Waals surface area contributed by atoms with Gasteiger partial charge in [0.1, 0.15) is 0 Å². The number of aromatic nitrogens is 1. The first-order valence-corrected chi connectivity index (χ1v) is 8.30. The summed E-state index contributed by atoms with van der Waals surface area (Å²) in [5.41, 5.74) is 4.19. The van der Waals surface area contributed by atoms with E-state index in [2.05, 4.69) is 77.9 Å². The van der Waals surface area contributed by atoms with Crippen LogP contribution in [0.15, 0.2) is 47.3 Å². The van der Waals surface area contributed by atoms with Crippen molar-refractivity contribution in [1.82, 2.24) is 9.88 Å². The van der Waals surface area contributed by atoms with E-state index in [1.165, 1.54) is 22.0 Å². The molecule has 3 heteroatoms. The van der Waals surface area contributed by atoms with Crippen molar-refractivity contribution in [2.45, 2.75) is 39.4 Å². The maximum absolute atomic E-state index is 3.59. The number of thiophene rings is 1. The molecule has 3 aromatic rings. The minimum absolute atomic E-state index is 0.135. The van der Waals surface area contributed by atoms with Crippen molar-refractivity contribution >= 4 is 22.2 Å². The Morgan fingerprint density at radius 3 is 2.67 bits per heavy atom. The quantitative estimate of drug-likeness (QED) is 0.742. The highest BCUT2D eigenvalue weighted by atomic mass is 32.1. The molecule has 3 rings (SSSR count). The van der Waals surface area contributed by atoms with E-state index < -0.39 is 0 Å². The van der Waals surface area contributed by atoms with Gasteiger partial charge in [0.05, 0.1) is 0 Å². The van der Waals surface area contributed by atoms with E-state index in [0.717, 1.165) is 13.1 Å². The highest BCUT2D eigenvalue weighted by molar-refractivity contribution is 7.07. The maximum Gasteiger partial charge on any atom is 0.0486 e. The number of fused-ring (bicyclic) bond motifs is 1. The zero-order valence-corrected chi connectivity index (χ0v) is 13.7. The summed E-state index contributed by atoms with van der Waals surface area (Å²) >= 11 is 1.76. The lowest BCUT2D eigenvalue weighted by molar-refractivity contribution is 0.425. The third kappa shape index (κ3) is 3.36. The molecule has 0 radical (unpaired) electrons. The van der Waals surface area contributed by atoms with Crippen molar-refractivity contribution in [2.24, 2.45) is 0 Å². The lowest BCUT2D eigenvalue weighted by Crippen LogP contribution is -2.34. The molecule has 2 aromatic heterocycles. The van der Waals surface area contributed by atoms with Crippen LogP contribution in [0.4, 0.5) is 0 Å². The van der Waals surface area contributed by atoms with Gasteiger partial charge in [-0.3, -0.25) is 0 Å². The molecule has 110 valence electrons. The standard InChI is InChI=1S/C18H22N2S/c1-18(2,3)19-10-15-12-20(11-14-8-9-21-13-14)17-7-5-4-6-16(15)17/h4-9,12-13,19H,10-11H2,1-3H3. The topological polar surface area (TPSA) is 17.0 Å². The molecule has 0 saturated heterocycles. The van der Waals surface area contributed by atoms with Crippen molar-refractivity contribution in [2.75, 3.05) is 0 Å². The molecule has 0 spiro atoms. The number of hydrogen-bond acceptors (Lipinski definition) is 2. The van der Waals surface area contributed by atoms with E-state index in [4.69, 9.17) is 0 Å². The van der Waals surface area contributed by atoms with Gasteiger partial charge in [-0.25, -0.2) is 0 Å². The molecule has 0 aliphatic heterocycles. The van der Waals surface area contributed by atoms with Gasteiger partial charge in [-0.05, 0) is 54.8 Å². The molecule has 0 saturated carbocycles. The highest BCUT2D eigenvalue weighted by Gasteiger charge is 2.12. The number of nitrogens with one attached hydrogen (secondary N) is 1.